The van der Waals surface area contributed by atoms with E-state index in [9.17, 15) is 4.79 Å². The van der Waals surface area contributed by atoms with Crippen molar-refractivity contribution in [1.29, 1.82) is 0 Å². The minimum Gasteiger partial charge on any atom is -0.343 e. The molecule has 0 atom stereocenters. The minimum atomic E-state index is -0.104. The highest BCUT2D eigenvalue weighted by Gasteiger charge is 2.24. The van der Waals surface area contributed by atoms with Crippen LogP contribution >= 0.6 is 22.7 Å². The largest absolute Gasteiger partial charge is 0.343 e. The number of carbonyl (C=O) groups is 1. The first-order valence-corrected chi connectivity index (χ1v) is 8.39. The normalized spacial score (nSPS) is 11.6. The predicted octanol–water partition coefficient (Wildman–Crippen LogP) is 4.34. The van der Waals surface area contributed by atoms with Crippen molar-refractivity contribution >= 4 is 34.1 Å². The van der Waals surface area contributed by atoms with Gasteiger partial charge in [-0.1, -0.05) is 38.2 Å². The maximum Gasteiger partial charge on any atom is 0.186 e. The van der Waals surface area contributed by atoms with E-state index in [0.717, 1.165) is 35.1 Å². The topological polar surface area (TPSA) is 33.2 Å². The Morgan fingerprint density at radius 3 is 2.60 bits per heavy atom. The molecule has 20 heavy (non-hydrogen) atoms. The van der Waals surface area contributed by atoms with Gasteiger partial charge in [0.15, 0.2) is 11.4 Å². The maximum atomic E-state index is 11.3. The van der Waals surface area contributed by atoms with Crippen LogP contribution in [0.5, 0.6) is 0 Å². The van der Waals surface area contributed by atoms with Gasteiger partial charge in [0.1, 0.15) is 0 Å². The van der Waals surface area contributed by atoms with E-state index in [1.54, 1.807) is 11.3 Å². The molecule has 0 aromatic carbocycles. The molecule has 2 heterocycles. The Labute approximate surface area is 128 Å². The van der Waals surface area contributed by atoms with Gasteiger partial charge in [0.2, 0.25) is 0 Å². The molecule has 0 saturated carbocycles. The van der Waals surface area contributed by atoms with Gasteiger partial charge in [-0.15, -0.1) is 11.3 Å². The SMILES string of the molecule is CCN(Cc1cccs1)c1nc(C(C)(C)C)c(C=O)s1. The Balaban J connectivity index is 2.31. The monoisotopic (exact) mass is 308 g/mol. The summed E-state index contributed by atoms with van der Waals surface area (Å²) in [6.07, 6.45) is 0.931. The van der Waals surface area contributed by atoms with Crippen LogP contribution in [0, 0.1) is 0 Å². The fourth-order valence-corrected chi connectivity index (χ4v) is 3.85. The van der Waals surface area contributed by atoms with Gasteiger partial charge in [-0.2, -0.15) is 0 Å². The first kappa shape index (κ1) is 15.2. The summed E-state index contributed by atoms with van der Waals surface area (Å²) in [5.74, 6) is 0. The lowest BCUT2D eigenvalue weighted by Crippen LogP contribution is -2.22. The molecule has 0 spiro atoms. The zero-order valence-corrected chi connectivity index (χ0v) is 14.0. The molecule has 0 amide bonds. The molecule has 3 nitrogen and oxygen atoms in total. The van der Waals surface area contributed by atoms with Gasteiger partial charge < -0.3 is 4.90 Å². The third-order valence-electron chi connectivity index (χ3n) is 3.04. The second-order valence-electron chi connectivity index (χ2n) is 5.67. The van der Waals surface area contributed by atoms with Crippen molar-refractivity contribution in [2.24, 2.45) is 0 Å². The van der Waals surface area contributed by atoms with Gasteiger partial charge in [0.05, 0.1) is 17.1 Å². The third kappa shape index (κ3) is 3.27. The Morgan fingerprint density at radius 1 is 1.40 bits per heavy atom. The third-order valence-corrected chi connectivity index (χ3v) is 4.94. The lowest BCUT2D eigenvalue weighted by atomic mass is 9.91. The second kappa shape index (κ2) is 6.06. The summed E-state index contributed by atoms with van der Waals surface area (Å²) in [5.41, 5.74) is 0.796. The van der Waals surface area contributed by atoms with Gasteiger partial charge in [-0.25, -0.2) is 4.98 Å². The van der Waals surface area contributed by atoms with E-state index in [0.29, 0.717) is 0 Å². The number of thiazole rings is 1. The van der Waals surface area contributed by atoms with Gasteiger partial charge in [-0.3, -0.25) is 4.79 Å². The van der Waals surface area contributed by atoms with Crippen LogP contribution in [-0.2, 0) is 12.0 Å². The Bertz CT molecular complexity index is 567. The lowest BCUT2D eigenvalue weighted by molar-refractivity contribution is 0.112. The molecule has 0 fully saturated rings. The zero-order valence-electron chi connectivity index (χ0n) is 12.3. The van der Waals surface area contributed by atoms with Crippen molar-refractivity contribution in [1.82, 2.24) is 4.98 Å². The number of carbonyl (C=O) groups excluding carboxylic acids is 1. The van der Waals surface area contributed by atoms with Gasteiger partial charge in [0.25, 0.3) is 0 Å². The smallest absolute Gasteiger partial charge is 0.186 e. The first-order valence-electron chi connectivity index (χ1n) is 6.69. The van der Waals surface area contributed by atoms with E-state index in [1.807, 2.05) is 0 Å². The zero-order chi connectivity index (χ0) is 14.8. The van der Waals surface area contributed by atoms with Crippen LogP contribution < -0.4 is 4.90 Å². The molecule has 5 heteroatoms. The number of thiophene rings is 1. The predicted molar refractivity (Wildman–Crippen MR) is 87.2 cm³/mol. The summed E-state index contributed by atoms with van der Waals surface area (Å²) in [6.45, 7) is 10.1. The highest BCUT2D eigenvalue weighted by molar-refractivity contribution is 7.17. The summed E-state index contributed by atoms with van der Waals surface area (Å²) in [4.78, 5) is 20.3. The van der Waals surface area contributed by atoms with Crippen molar-refractivity contribution in [3.8, 4) is 0 Å². The molecule has 0 bridgehead atoms. The Kier molecular flexibility index (Phi) is 4.60. The number of anilines is 1. The average molecular weight is 308 g/mol. The minimum absolute atomic E-state index is 0.104. The highest BCUT2D eigenvalue weighted by Crippen LogP contribution is 2.33. The molecule has 0 aliphatic rings. The Hall–Kier alpha value is -1.20. The number of aldehydes is 1. The molecule has 0 aliphatic carbocycles. The summed E-state index contributed by atoms with van der Waals surface area (Å²) >= 11 is 3.24. The highest BCUT2D eigenvalue weighted by atomic mass is 32.1. The van der Waals surface area contributed by atoms with Crippen molar-refractivity contribution in [2.45, 2.75) is 39.7 Å². The standard InChI is InChI=1S/C15H20N2OS2/c1-5-17(9-11-7-6-8-19-11)14-16-13(15(2,3)4)12(10-18)20-14/h6-8,10H,5,9H2,1-4H3. The van der Waals surface area contributed by atoms with Crippen LogP contribution in [-0.4, -0.2) is 17.8 Å². The molecule has 2 aromatic heterocycles. The van der Waals surface area contributed by atoms with Crippen LogP contribution in [0.3, 0.4) is 0 Å². The van der Waals surface area contributed by atoms with E-state index in [-0.39, 0.29) is 5.41 Å². The molecule has 2 rings (SSSR count). The van der Waals surface area contributed by atoms with E-state index < -0.39 is 0 Å². The summed E-state index contributed by atoms with van der Waals surface area (Å²) in [7, 11) is 0. The van der Waals surface area contributed by atoms with Crippen LogP contribution in [0.25, 0.3) is 0 Å². The van der Waals surface area contributed by atoms with Crippen LogP contribution in [0.4, 0.5) is 5.13 Å². The second-order valence-corrected chi connectivity index (χ2v) is 7.71. The van der Waals surface area contributed by atoms with Gasteiger partial charge >= 0.3 is 0 Å². The molecule has 0 N–H and O–H groups in total. The molecule has 0 saturated heterocycles. The molecular weight excluding hydrogens is 288 g/mol. The number of rotatable bonds is 5. The van der Waals surface area contributed by atoms with Crippen LogP contribution in [0.2, 0.25) is 0 Å². The number of aromatic nitrogens is 1. The summed E-state index contributed by atoms with van der Waals surface area (Å²) < 4.78 is 0. The van der Waals surface area contributed by atoms with E-state index >= 15 is 0 Å². The van der Waals surface area contributed by atoms with Crippen molar-refractivity contribution in [2.75, 3.05) is 11.4 Å². The van der Waals surface area contributed by atoms with E-state index in [2.05, 4.69) is 50.1 Å². The fourth-order valence-electron chi connectivity index (χ4n) is 1.98. The molecule has 0 radical (unpaired) electrons. The van der Waals surface area contributed by atoms with Gasteiger partial charge in [0, 0.05) is 16.8 Å². The lowest BCUT2D eigenvalue weighted by Gasteiger charge is -2.19. The fraction of sp³-hybridized carbons (Fsp3) is 0.467. The summed E-state index contributed by atoms with van der Waals surface area (Å²) in [6, 6.07) is 4.19. The van der Waals surface area contributed by atoms with Crippen molar-refractivity contribution < 1.29 is 4.79 Å². The van der Waals surface area contributed by atoms with E-state index in [1.165, 1.54) is 16.2 Å². The summed E-state index contributed by atoms with van der Waals surface area (Å²) in [5, 5.41) is 3.02. The number of hydrogen-bond acceptors (Lipinski definition) is 5. The van der Waals surface area contributed by atoms with Crippen molar-refractivity contribution in [3.63, 3.8) is 0 Å². The molecule has 0 aliphatic heterocycles. The maximum absolute atomic E-state index is 11.3. The quantitative estimate of drug-likeness (QED) is 0.770. The van der Waals surface area contributed by atoms with E-state index in [4.69, 9.17) is 4.98 Å². The molecule has 0 unspecified atom stereocenters. The molecule has 2 aromatic rings. The Morgan fingerprint density at radius 2 is 2.15 bits per heavy atom. The van der Waals surface area contributed by atoms with Crippen LogP contribution in [0.15, 0.2) is 17.5 Å². The van der Waals surface area contributed by atoms with Gasteiger partial charge in [-0.05, 0) is 18.4 Å². The van der Waals surface area contributed by atoms with Crippen molar-refractivity contribution in [3.05, 3.63) is 33.0 Å². The average Bonchev–Trinajstić information content (AvgIpc) is 3.03. The molecular formula is C15H20N2OS2. The number of nitrogens with zero attached hydrogens (tertiary/aromatic N) is 2. The number of hydrogen-bond donors (Lipinski definition) is 0. The first-order chi connectivity index (χ1) is 9.45. The van der Waals surface area contributed by atoms with Crippen LogP contribution in [0.1, 0.15) is 47.9 Å². The molecule has 108 valence electrons.